The monoisotopic (exact) mass is 834 g/mol. The first kappa shape index (κ1) is 45.1. The molecule has 0 saturated heterocycles. The van der Waals surface area contributed by atoms with E-state index in [-0.39, 0.29) is 22.9 Å². The van der Waals surface area contributed by atoms with E-state index in [2.05, 4.69) is 9.47 Å². The quantitative estimate of drug-likeness (QED) is 0.0336. The summed E-state index contributed by atoms with van der Waals surface area (Å²) in [5, 5.41) is 0. The summed E-state index contributed by atoms with van der Waals surface area (Å²) in [5.41, 5.74) is 4.60. The van der Waals surface area contributed by atoms with Crippen LogP contribution in [0.2, 0.25) is 0 Å². The molecule has 314 valence electrons. The van der Waals surface area contributed by atoms with Gasteiger partial charge >= 0.3 is 29.8 Å². The highest BCUT2D eigenvalue weighted by Gasteiger charge is 2.16. The van der Waals surface area contributed by atoms with E-state index in [1.54, 1.807) is 60.7 Å². The molecule has 12 heteroatoms. The second-order valence-corrected chi connectivity index (χ2v) is 13.6. The largest absolute Gasteiger partial charge is 0.465 e. The van der Waals surface area contributed by atoms with E-state index in [9.17, 15) is 33.6 Å². The van der Waals surface area contributed by atoms with Gasteiger partial charge in [-0.2, -0.15) is 0 Å². The Bertz CT molecular complexity index is 2520. The van der Waals surface area contributed by atoms with Gasteiger partial charge in [0.1, 0.15) is 11.5 Å². The number of rotatable bonds is 14. The van der Waals surface area contributed by atoms with Crippen LogP contribution >= 0.6 is 0 Å². The van der Waals surface area contributed by atoms with E-state index in [0.29, 0.717) is 56.9 Å². The molecule has 0 aliphatic carbocycles. The van der Waals surface area contributed by atoms with E-state index >= 15 is 0 Å². The molecule has 0 N–H and O–H groups in total. The fourth-order valence-corrected chi connectivity index (χ4v) is 5.59. The number of hydrogen-bond acceptors (Lipinski definition) is 12. The molecular formula is C50H42O12. The minimum atomic E-state index is -0.604. The van der Waals surface area contributed by atoms with Gasteiger partial charge in [0.05, 0.1) is 48.6 Å². The first-order valence-electron chi connectivity index (χ1n) is 19.3. The lowest BCUT2D eigenvalue weighted by Crippen LogP contribution is -2.10. The molecule has 0 saturated carbocycles. The lowest BCUT2D eigenvalue weighted by Gasteiger charge is -2.07. The minimum absolute atomic E-state index is 0.110. The Morgan fingerprint density at radius 3 is 0.968 bits per heavy atom. The molecule has 6 aromatic rings. The molecule has 0 fully saturated rings. The molecule has 0 bridgehead atoms. The Hall–Kier alpha value is -7.99. The molecule has 0 aromatic heterocycles. The van der Waals surface area contributed by atoms with Crippen molar-refractivity contribution in [3.63, 3.8) is 0 Å². The topological polar surface area (TPSA) is 166 Å². The maximum Gasteiger partial charge on any atom is 0.343 e. The van der Waals surface area contributed by atoms with Crippen LogP contribution in [0.3, 0.4) is 0 Å². The molecule has 0 radical (unpaired) electrons. The van der Waals surface area contributed by atoms with E-state index in [4.69, 9.17) is 14.2 Å². The Morgan fingerprint density at radius 1 is 0.371 bits per heavy atom. The van der Waals surface area contributed by atoms with Gasteiger partial charge in [0.15, 0.2) is 11.6 Å². The number of hydrogen-bond donors (Lipinski definition) is 0. The van der Waals surface area contributed by atoms with Crippen molar-refractivity contribution in [2.24, 2.45) is 0 Å². The summed E-state index contributed by atoms with van der Waals surface area (Å²) in [6, 6.07) is 37.9. The minimum Gasteiger partial charge on any atom is -0.465 e. The molecule has 12 nitrogen and oxygen atoms in total. The second kappa shape index (κ2) is 21.9. The summed E-state index contributed by atoms with van der Waals surface area (Å²) < 4.78 is 25.0. The Balaban J connectivity index is 0.000000234. The molecule has 0 aliphatic rings. The van der Waals surface area contributed by atoms with E-state index in [1.807, 2.05) is 26.0 Å². The maximum absolute atomic E-state index is 12.6. The first-order chi connectivity index (χ1) is 29.9. The summed E-state index contributed by atoms with van der Waals surface area (Å²) in [7, 11) is 2.56. The third-order valence-electron chi connectivity index (χ3n) is 9.17. The number of carbonyl (C=O) groups is 7. The van der Waals surface area contributed by atoms with E-state index in [1.165, 1.54) is 87.0 Å². The highest BCUT2D eigenvalue weighted by atomic mass is 16.5. The van der Waals surface area contributed by atoms with Crippen LogP contribution in [0, 0.1) is 6.92 Å². The van der Waals surface area contributed by atoms with Crippen LogP contribution in [0.15, 0.2) is 146 Å². The Kier molecular flexibility index (Phi) is 15.9. The van der Waals surface area contributed by atoms with Crippen LogP contribution in [0.5, 0.6) is 11.5 Å². The molecule has 0 heterocycles. The van der Waals surface area contributed by atoms with Crippen LogP contribution in [0.1, 0.15) is 109 Å². The number of unbranched alkanes of at least 4 members (excludes halogenated alkanes) is 1. The van der Waals surface area contributed by atoms with Crippen molar-refractivity contribution in [3.8, 4) is 11.5 Å². The molecule has 0 aliphatic heterocycles. The molecule has 6 rings (SSSR count). The molecule has 0 spiro atoms. The second-order valence-electron chi connectivity index (χ2n) is 13.6. The fraction of sp³-hybridized carbons (Fsp3) is 0.140. The molecular weight excluding hydrogens is 793 g/mol. The number of carbonyl (C=O) groups excluding carboxylic acids is 7. The smallest absolute Gasteiger partial charge is 0.343 e. The van der Waals surface area contributed by atoms with Crippen molar-refractivity contribution >= 4 is 41.4 Å². The van der Waals surface area contributed by atoms with E-state index < -0.39 is 29.8 Å². The highest BCUT2D eigenvalue weighted by Crippen LogP contribution is 2.19. The maximum atomic E-state index is 12.6. The third kappa shape index (κ3) is 12.3. The van der Waals surface area contributed by atoms with Crippen LogP contribution in [-0.2, 0) is 14.2 Å². The predicted octanol–water partition coefficient (Wildman–Crippen LogP) is 9.11. The van der Waals surface area contributed by atoms with Gasteiger partial charge in [-0.1, -0.05) is 79.6 Å². The number of benzene rings is 6. The number of esters is 5. The molecule has 0 atom stereocenters. The molecule has 6 aromatic carbocycles. The summed E-state index contributed by atoms with van der Waals surface area (Å²) in [6.45, 7) is 4.36. The van der Waals surface area contributed by atoms with Gasteiger partial charge in [0, 0.05) is 22.3 Å². The van der Waals surface area contributed by atoms with Crippen molar-refractivity contribution in [1.29, 1.82) is 0 Å². The van der Waals surface area contributed by atoms with Crippen molar-refractivity contribution < 1.29 is 57.2 Å². The fourth-order valence-electron chi connectivity index (χ4n) is 5.59. The number of aryl methyl sites for hydroxylation is 1. The summed E-state index contributed by atoms with van der Waals surface area (Å²) >= 11 is 0. The Morgan fingerprint density at radius 2 is 0.645 bits per heavy atom. The highest BCUT2D eigenvalue weighted by molar-refractivity contribution is 6.10. The number of methoxy groups -OCH3 is 2. The van der Waals surface area contributed by atoms with Gasteiger partial charge in [-0.3, -0.25) is 9.59 Å². The molecule has 0 amide bonds. The van der Waals surface area contributed by atoms with Gasteiger partial charge in [-0.15, -0.1) is 0 Å². The standard InChI is InChI=1S/C26H24O5.C24H18O7/c1-3-4-17-30-25(28)21-13-15-23(16-14-21)31-26(29)22-11-9-20(10-12-22)24(27)19-7-5-18(2)6-8-19;1-29-22(26)17-7-3-15(4-8-17)21(25)16-5-9-19(10-6-16)24(28)31-20-13-11-18(12-14-20)23(27)30-2/h5-16H,3-4,17H2,1-2H3;3-14H,1-2H3. The SMILES string of the molecule is CCCCOC(=O)c1ccc(OC(=O)c2ccc(C(=O)c3ccc(C)cc3)cc2)cc1.COC(=O)c1ccc(OC(=O)c2ccc(C(=O)c3ccc(C(=O)OC)cc3)cc2)cc1. The summed E-state index contributed by atoms with van der Waals surface area (Å²) in [5.74, 6) is -2.31. The zero-order valence-corrected chi connectivity index (χ0v) is 34.4. The van der Waals surface area contributed by atoms with Gasteiger partial charge in [-0.25, -0.2) is 24.0 Å². The number of ether oxygens (including phenoxy) is 5. The Labute approximate surface area is 358 Å². The van der Waals surface area contributed by atoms with Crippen LogP contribution in [0.25, 0.3) is 0 Å². The van der Waals surface area contributed by atoms with Crippen molar-refractivity contribution in [1.82, 2.24) is 0 Å². The third-order valence-corrected chi connectivity index (χ3v) is 9.17. The van der Waals surface area contributed by atoms with Gasteiger partial charge in [-0.05, 0) is 98.3 Å². The zero-order valence-electron chi connectivity index (χ0n) is 34.4. The predicted molar refractivity (Wildman–Crippen MR) is 228 cm³/mol. The van der Waals surface area contributed by atoms with Crippen LogP contribution in [-0.4, -0.2) is 62.2 Å². The van der Waals surface area contributed by atoms with Gasteiger partial charge in [0.2, 0.25) is 0 Å². The molecule has 0 unspecified atom stereocenters. The van der Waals surface area contributed by atoms with Crippen molar-refractivity contribution in [3.05, 3.63) is 201 Å². The summed E-state index contributed by atoms with van der Waals surface area (Å²) in [4.78, 5) is 84.7. The van der Waals surface area contributed by atoms with Crippen LogP contribution in [0.4, 0.5) is 0 Å². The first-order valence-corrected chi connectivity index (χ1v) is 19.3. The van der Waals surface area contributed by atoms with Crippen molar-refractivity contribution in [2.75, 3.05) is 20.8 Å². The van der Waals surface area contributed by atoms with Crippen molar-refractivity contribution in [2.45, 2.75) is 26.7 Å². The average molecular weight is 835 g/mol. The normalized spacial score (nSPS) is 10.3. The molecule has 62 heavy (non-hydrogen) atoms. The van der Waals surface area contributed by atoms with Gasteiger partial charge in [0.25, 0.3) is 0 Å². The zero-order chi connectivity index (χ0) is 44.6. The number of ketones is 2. The van der Waals surface area contributed by atoms with Crippen LogP contribution < -0.4 is 9.47 Å². The average Bonchev–Trinajstić information content (AvgIpc) is 3.31. The van der Waals surface area contributed by atoms with E-state index in [0.717, 1.165) is 18.4 Å². The lowest BCUT2D eigenvalue weighted by molar-refractivity contribution is 0.0497. The van der Waals surface area contributed by atoms with Gasteiger partial charge < -0.3 is 23.7 Å². The lowest BCUT2D eigenvalue weighted by atomic mass is 10.0. The summed E-state index contributed by atoms with van der Waals surface area (Å²) in [6.07, 6.45) is 1.76.